The van der Waals surface area contributed by atoms with Crippen molar-refractivity contribution in [1.29, 1.82) is 0 Å². The number of likely N-dealkylation sites (N-methyl/N-ethyl adjacent to an activating group) is 1. The SMILES string of the molecule is C=C(CCl)CN(C)C(C)CC. The van der Waals surface area contributed by atoms with Gasteiger partial charge in [-0.1, -0.05) is 13.5 Å². The molecule has 0 aromatic carbocycles. The van der Waals surface area contributed by atoms with E-state index in [2.05, 4.69) is 32.4 Å². The molecule has 0 saturated carbocycles. The molecular weight excluding hydrogens is 158 g/mol. The predicted octanol–water partition coefficient (Wildman–Crippen LogP) is 2.51. The fourth-order valence-electron chi connectivity index (χ4n) is 0.862. The average molecular weight is 176 g/mol. The third-order valence-corrected chi connectivity index (χ3v) is 2.38. The number of halogens is 1. The van der Waals surface area contributed by atoms with Crippen LogP contribution in [0.1, 0.15) is 20.3 Å². The number of hydrogen-bond donors (Lipinski definition) is 0. The van der Waals surface area contributed by atoms with Crippen molar-refractivity contribution < 1.29 is 0 Å². The standard InChI is InChI=1S/C9H18ClN/c1-5-9(3)11(4)7-8(2)6-10/h9H,2,5-7H2,1,3-4H3. The third kappa shape index (κ3) is 4.44. The van der Waals surface area contributed by atoms with Crippen LogP contribution in [0.5, 0.6) is 0 Å². The second-order valence-electron chi connectivity index (χ2n) is 3.06. The molecule has 1 unspecified atom stereocenters. The van der Waals surface area contributed by atoms with Crippen molar-refractivity contribution in [2.24, 2.45) is 0 Å². The minimum atomic E-state index is 0.570. The van der Waals surface area contributed by atoms with E-state index >= 15 is 0 Å². The summed E-state index contributed by atoms with van der Waals surface area (Å²) in [6.07, 6.45) is 1.17. The van der Waals surface area contributed by atoms with E-state index in [-0.39, 0.29) is 0 Å². The van der Waals surface area contributed by atoms with Crippen molar-refractivity contribution in [3.05, 3.63) is 12.2 Å². The van der Waals surface area contributed by atoms with E-state index in [9.17, 15) is 0 Å². The highest BCUT2D eigenvalue weighted by atomic mass is 35.5. The Bertz CT molecular complexity index is 123. The van der Waals surface area contributed by atoms with E-state index < -0.39 is 0 Å². The van der Waals surface area contributed by atoms with Gasteiger partial charge in [0.25, 0.3) is 0 Å². The number of hydrogen-bond acceptors (Lipinski definition) is 1. The summed E-state index contributed by atoms with van der Waals surface area (Å²) in [7, 11) is 2.10. The van der Waals surface area contributed by atoms with Crippen LogP contribution in [-0.4, -0.2) is 30.4 Å². The van der Waals surface area contributed by atoms with Crippen LogP contribution in [0.3, 0.4) is 0 Å². The first-order valence-electron chi connectivity index (χ1n) is 4.04. The lowest BCUT2D eigenvalue weighted by Crippen LogP contribution is -2.30. The normalized spacial score (nSPS) is 13.5. The summed E-state index contributed by atoms with van der Waals surface area (Å²) < 4.78 is 0. The Balaban J connectivity index is 3.67. The van der Waals surface area contributed by atoms with Gasteiger partial charge in [0.1, 0.15) is 0 Å². The first kappa shape index (κ1) is 11.0. The zero-order valence-electron chi connectivity index (χ0n) is 7.73. The van der Waals surface area contributed by atoms with Gasteiger partial charge in [-0.3, -0.25) is 4.90 Å². The average Bonchev–Trinajstić information content (AvgIpc) is 2.02. The predicted molar refractivity (Wildman–Crippen MR) is 52.2 cm³/mol. The van der Waals surface area contributed by atoms with Crippen molar-refractivity contribution in [3.63, 3.8) is 0 Å². The van der Waals surface area contributed by atoms with Crippen LogP contribution < -0.4 is 0 Å². The molecule has 11 heavy (non-hydrogen) atoms. The largest absolute Gasteiger partial charge is 0.300 e. The molecule has 0 rings (SSSR count). The molecule has 0 aromatic heterocycles. The highest BCUT2D eigenvalue weighted by molar-refractivity contribution is 6.19. The van der Waals surface area contributed by atoms with E-state index in [1.54, 1.807) is 0 Å². The van der Waals surface area contributed by atoms with E-state index in [1.807, 2.05) is 0 Å². The quantitative estimate of drug-likeness (QED) is 0.459. The summed E-state index contributed by atoms with van der Waals surface area (Å²) >= 11 is 5.62. The smallest absolute Gasteiger partial charge is 0.0443 e. The van der Waals surface area contributed by atoms with Gasteiger partial charge in [0.05, 0.1) is 0 Å². The monoisotopic (exact) mass is 175 g/mol. The maximum absolute atomic E-state index is 5.62. The Kier molecular flexibility index (Phi) is 5.61. The maximum atomic E-state index is 5.62. The summed E-state index contributed by atoms with van der Waals surface area (Å²) in [5.41, 5.74) is 1.09. The van der Waals surface area contributed by atoms with Crippen molar-refractivity contribution >= 4 is 11.6 Å². The molecule has 1 nitrogen and oxygen atoms in total. The molecule has 0 aromatic rings. The Labute approximate surface area is 75.0 Å². The van der Waals surface area contributed by atoms with Crippen LogP contribution in [0.2, 0.25) is 0 Å². The molecule has 66 valence electrons. The van der Waals surface area contributed by atoms with E-state index in [0.717, 1.165) is 12.1 Å². The fourth-order valence-corrected chi connectivity index (χ4v) is 0.947. The molecule has 0 fully saturated rings. The molecule has 1 atom stereocenters. The van der Waals surface area contributed by atoms with Gasteiger partial charge >= 0.3 is 0 Å². The summed E-state index contributed by atoms with van der Waals surface area (Å²) in [6, 6.07) is 0.620. The highest BCUT2D eigenvalue weighted by Gasteiger charge is 2.06. The van der Waals surface area contributed by atoms with Crippen LogP contribution in [0.4, 0.5) is 0 Å². The molecule has 2 heteroatoms. The zero-order valence-corrected chi connectivity index (χ0v) is 8.49. The van der Waals surface area contributed by atoms with Gasteiger partial charge in [0.15, 0.2) is 0 Å². The molecule has 0 saturated heterocycles. The summed E-state index contributed by atoms with van der Waals surface area (Å²) in [5.74, 6) is 0.570. The molecule has 0 N–H and O–H groups in total. The van der Waals surface area contributed by atoms with E-state index in [1.165, 1.54) is 6.42 Å². The van der Waals surface area contributed by atoms with Crippen LogP contribution in [-0.2, 0) is 0 Å². The molecule has 0 aliphatic heterocycles. The van der Waals surface area contributed by atoms with Crippen LogP contribution in [0.25, 0.3) is 0 Å². The number of alkyl halides is 1. The maximum Gasteiger partial charge on any atom is 0.0443 e. The molecule has 0 bridgehead atoms. The minimum absolute atomic E-state index is 0.570. The highest BCUT2D eigenvalue weighted by Crippen LogP contribution is 2.04. The fraction of sp³-hybridized carbons (Fsp3) is 0.778. The Morgan fingerprint density at radius 3 is 2.55 bits per heavy atom. The van der Waals surface area contributed by atoms with Gasteiger partial charge < -0.3 is 0 Å². The van der Waals surface area contributed by atoms with Crippen molar-refractivity contribution in [2.45, 2.75) is 26.3 Å². The van der Waals surface area contributed by atoms with Crippen LogP contribution in [0.15, 0.2) is 12.2 Å². The number of nitrogens with zero attached hydrogens (tertiary/aromatic N) is 1. The lowest BCUT2D eigenvalue weighted by molar-refractivity contribution is 0.273. The summed E-state index contributed by atoms with van der Waals surface area (Å²) in [4.78, 5) is 2.27. The lowest BCUT2D eigenvalue weighted by atomic mass is 10.2. The van der Waals surface area contributed by atoms with E-state index in [4.69, 9.17) is 11.6 Å². The van der Waals surface area contributed by atoms with Gasteiger partial charge in [-0.2, -0.15) is 0 Å². The second kappa shape index (κ2) is 5.62. The summed E-state index contributed by atoms with van der Waals surface area (Å²) in [6.45, 7) is 9.17. The Hall–Kier alpha value is -0.0100. The Morgan fingerprint density at radius 1 is 1.64 bits per heavy atom. The topological polar surface area (TPSA) is 3.24 Å². The molecule has 0 radical (unpaired) electrons. The molecule has 0 heterocycles. The first-order chi connectivity index (χ1) is 5.11. The molecule has 0 amide bonds. The summed E-state index contributed by atoms with van der Waals surface area (Å²) in [5, 5.41) is 0. The molecule has 0 spiro atoms. The van der Waals surface area contributed by atoms with Crippen molar-refractivity contribution in [3.8, 4) is 0 Å². The molecular formula is C9H18ClN. The van der Waals surface area contributed by atoms with Crippen molar-refractivity contribution in [2.75, 3.05) is 19.5 Å². The van der Waals surface area contributed by atoms with Gasteiger partial charge in [0, 0.05) is 18.5 Å². The molecule has 0 aliphatic rings. The van der Waals surface area contributed by atoms with E-state index in [0.29, 0.717) is 11.9 Å². The van der Waals surface area contributed by atoms with Crippen LogP contribution >= 0.6 is 11.6 Å². The van der Waals surface area contributed by atoms with Gasteiger partial charge in [-0.05, 0) is 26.0 Å². The van der Waals surface area contributed by atoms with Crippen LogP contribution in [0, 0.1) is 0 Å². The minimum Gasteiger partial charge on any atom is -0.300 e. The Morgan fingerprint density at radius 2 is 2.18 bits per heavy atom. The zero-order chi connectivity index (χ0) is 8.85. The second-order valence-corrected chi connectivity index (χ2v) is 3.32. The molecule has 0 aliphatic carbocycles. The third-order valence-electron chi connectivity index (χ3n) is 2.01. The van der Waals surface area contributed by atoms with Gasteiger partial charge in [-0.15, -0.1) is 11.6 Å². The van der Waals surface area contributed by atoms with Gasteiger partial charge in [0.2, 0.25) is 0 Å². The lowest BCUT2D eigenvalue weighted by Gasteiger charge is -2.23. The van der Waals surface area contributed by atoms with Gasteiger partial charge in [-0.25, -0.2) is 0 Å². The van der Waals surface area contributed by atoms with Crippen molar-refractivity contribution in [1.82, 2.24) is 4.90 Å². The first-order valence-corrected chi connectivity index (χ1v) is 4.58. The number of rotatable bonds is 5.